The van der Waals surface area contributed by atoms with Crippen LogP contribution in [0.25, 0.3) is 0 Å². The summed E-state index contributed by atoms with van der Waals surface area (Å²) in [5.74, 6) is -9.34. The minimum absolute atomic E-state index is 0.0118. The van der Waals surface area contributed by atoms with Crippen molar-refractivity contribution in [2.24, 2.45) is 28.8 Å². The van der Waals surface area contributed by atoms with E-state index in [0.717, 1.165) is 0 Å². The molecule has 1 aromatic carbocycles. The Hall–Kier alpha value is -5.16. The topological polar surface area (TPSA) is 214 Å². The van der Waals surface area contributed by atoms with Crippen LogP contribution in [-0.2, 0) is 23.8 Å². The Kier molecular flexibility index (Phi) is 13.7. The van der Waals surface area contributed by atoms with Crippen LogP contribution in [-0.4, -0.2) is 131 Å². The third-order valence-electron chi connectivity index (χ3n) is 11.8. The number of fused-ring (bicyclic) bond motifs is 14. The molecule has 0 aromatic heterocycles. The molecule has 0 radical (unpaired) electrons. The number of esters is 1. The van der Waals surface area contributed by atoms with Gasteiger partial charge in [0.05, 0.1) is 53.1 Å². The van der Waals surface area contributed by atoms with Gasteiger partial charge >= 0.3 is 11.8 Å². The Morgan fingerprint density at radius 1 is 0.949 bits per heavy atom. The fraction of sp³-hybridized carbons (Fsp3) is 0.535. The molecule has 16 nitrogen and oxygen atoms in total. The quantitative estimate of drug-likeness (QED) is 0.254. The largest absolute Gasteiger partial charge is 0.507 e. The number of carbonyl (C=O) groups excluding carboxylic acids is 5. The number of methoxy groups -OCH3 is 1. The van der Waals surface area contributed by atoms with E-state index in [9.17, 15) is 39.3 Å². The Bertz CT molecular complexity index is 2030. The van der Waals surface area contributed by atoms with Gasteiger partial charge < -0.3 is 44.5 Å². The van der Waals surface area contributed by atoms with Gasteiger partial charge in [-0.2, -0.15) is 5.10 Å². The highest BCUT2D eigenvalue weighted by Crippen LogP contribution is 2.48. The minimum Gasteiger partial charge on any atom is -0.507 e. The molecular weight excluding hydrogens is 764 g/mol. The number of hydrogen-bond donors (Lipinski definition) is 4. The average molecular weight is 821 g/mol. The highest BCUT2D eigenvalue weighted by Gasteiger charge is 2.52. The number of hydrazone groups is 1. The maximum absolute atomic E-state index is 14.6. The lowest BCUT2D eigenvalue weighted by molar-refractivity contribution is -0.160. The molecule has 9 atom stereocenters. The van der Waals surface area contributed by atoms with Gasteiger partial charge in [-0.25, -0.2) is 0 Å². The number of benzene rings is 1. The smallest absolute Gasteiger partial charge is 0.312 e. The second kappa shape index (κ2) is 18.0. The molecule has 4 aliphatic heterocycles. The van der Waals surface area contributed by atoms with Crippen LogP contribution in [0.5, 0.6) is 11.5 Å². The number of allylic oxidation sites excluding steroid dienone is 4. The Balaban J connectivity index is 1.66. The zero-order chi connectivity index (χ0) is 43.7. The van der Waals surface area contributed by atoms with Crippen molar-refractivity contribution in [3.05, 3.63) is 69.7 Å². The summed E-state index contributed by atoms with van der Waals surface area (Å²) < 4.78 is 23.5. The summed E-state index contributed by atoms with van der Waals surface area (Å²) >= 11 is 0. The number of aliphatic hydroxyl groups is 2. The standard InChI is InChI=1S/C43H56N4O12/c1-21-12-11-13-22(2)42(55)45-33-28(20-44-47-17-15-46(9)16-18-47)37(52)30-31(38(33)53)36(51)26(6)40-32(30)41(54)43(8,59-40)57-19-14-29(56-10)23(3)39(58-27(7)48)25(5)35(50)24(4)34(21)49/h11-14,19-21,23-25,29,34-35,39,49-51H,15-18H2,1-10H3,(H,45,55)/b12-11-,19-14-,22-13-,44-20+/t21-,23+,24+,25+,29-,34-,35+,39+,43-/m0/s1. The first-order valence-corrected chi connectivity index (χ1v) is 19.7. The zero-order valence-electron chi connectivity index (χ0n) is 35.3. The van der Waals surface area contributed by atoms with E-state index < -0.39 is 106 Å². The van der Waals surface area contributed by atoms with E-state index in [1.165, 1.54) is 59.4 Å². The van der Waals surface area contributed by atoms with E-state index in [0.29, 0.717) is 26.2 Å². The van der Waals surface area contributed by atoms with E-state index in [2.05, 4.69) is 15.3 Å². The molecule has 0 unspecified atom stereocenters. The molecular formula is C43H56N4O12. The highest BCUT2D eigenvalue weighted by molar-refractivity contribution is 6.37. The third kappa shape index (κ3) is 8.91. The van der Waals surface area contributed by atoms with Gasteiger partial charge in [0.15, 0.2) is 5.78 Å². The summed E-state index contributed by atoms with van der Waals surface area (Å²) in [6.45, 7) is 14.8. The molecule has 5 bridgehead atoms. The van der Waals surface area contributed by atoms with Crippen molar-refractivity contribution >= 4 is 35.4 Å². The number of ketones is 3. The molecule has 320 valence electrons. The Labute approximate surface area is 344 Å². The maximum atomic E-state index is 14.6. The van der Waals surface area contributed by atoms with Gasteiger partial charge in [0.1, 0.15) is 23.3 Å². The van der Waals surface area contributed by atoms with Gasteiger partial charge in [-0.15, -0.1) is 0 Å². The van der Waals surface area contributed by atoms with Gasteiger partial charge in [0.25, 0.3) is 11.7 Å². The van der Waals surface area contributed by atoms with Crippen LogP contribution in [0.1, 0.15) is 85.1 Å². The molecule has 4 N–H and O–H groups in total. The number of likely N-dealkylation sites (N-methyl/N-ethyl adjacent to an activating group) is 1. The van der Waals surface area contributed by atoms with E-state index in [1.54, 1.807) is 44.9 Å². The van der Waals surface area contributed by atoms with Crippen LogP contribution >= 0.6 is 0 Å². The number of Topliss-reactive ketones (excluding diaryl/α,β-unsaturated/α-hetero) is 3. The van der Waals surface area contributed by atoms with Crippen LogP contribution in [0, 0.1) is 30.6 Å². The molecule has 1 fully saturated rings. The minimum atomic E-state index is -2.09. The SMILES string of the molecule is CO[C@H]1/C=C\O[C@@]2(C)Oc3c(C)c(O)c4c(c3C2=O)C(=O)C(/C=N/N2CCN(C)CC2)=C(NC(=O)/C(C)=C\C=C/[C@H](C)[C@H](O)[C@@H](C)[C@@H](O)[C@@H](C)[C@H](OC(C)=O)[C@@H]1C)C4=O. The van der Waals surface area contributed by atoms with Crippen LogP contribution < -0.4 is 10.1 Å². The highest BCUT2D eigenvalue weighted by atomic mass is 16.7. The molecule has 4 heterocycles. The number of phenols is 1. The number of ether oxygens (including phenoxy) is 4. The molecule has 0 saturated carbocycles. The first-order chi connectivity index (χ1) is 27.7. The second-order valence-electron chi connectivity index (χ2n) is 16.1. The van der Waals surface area contributed by atoms with Crippen molar-refractivity contribution in [1.82, 2.24) is 15.2 Å². The van der Waals surface area contributed by atoms with Crippen molar-refractivity contribution in [2.75, 3.05) is 40.3 Å². The number of phenolic OH excluding ortho intramolecular Hbond substituents is 1. The van der Waals surface area contributed by atoms with E-state index >= 15 is 0 Å². The van der Waals surface area contributed by atoms with Crippen molar-refractivity contribution in [2.45, 2.75) is 85.6 Å². The number of aromatic hydroxyl groups is 1. The van der Waals surface area contributed by atoms with Crippen molar-refractivity contribution in [3.63, 3.8) is 0 Å². The fourth-order valence-electron chi connectivity index (χ4n) is 7.89. The summed E-state index contributed by atoms with van der Waals surface area (Å²) in [4.78, 5) is 71.6. The molecule has 6 rings (SSSR count). The fourth-order valence-corrected chi connectivity index (χ4v) is 7.89. The number of piperazine rings is 1. The number of rotatable bonds is 4. The number of hydrogen-bond acceptors (Lipinski definition) is 15. The molecule has 5 aliphatic rings. The summed E-state index contributed by atoms with van der Waals surface area (Å²) in [6.07, 6.45) is 4.56. The third-order valence-corrected chi connectivity index (χ3v) is 11.8. The Morgan fingerprint density at radius 3 is 2.24 bits per heavy atom. The molecule has 1 aliphatic carbocycles. The van der Waals surface area contributed by atoms with E-state index in [-0.39, 0.29) is 28.0 Å². The molecule has 1 saturated heterocycles. The summed E-state index contributed by atoms with van der Waals surface area (Å²) in [7, 11) is 3.39. The number of nitrogens with one attached hydrogen (secondary N) is 1. The summed E-state index contributed by atoms with van der Waals surface area (Å²) in [5.41, 5.74) is -1.82. The maximum Gasteiger partial charge on any atom is 0.312 e. The van der Waals surface area contributed by atoms with Crippen molar-refractivity contribution in [3.8, 4) is 11.5 Å². The molecule has 0 spiro atoms. The lowest BCUT2D eigenvalue weighted by Crippen LogP contribution is -2.46. The Morgan fingerprint density at radius 2 is 1.61 bits per heavy atom. The summed E-state index contributed by atoms with van der Waals surface area (Å²) in [6, 6.07) is 0. The van der Waals surface area contributed by atoms with Gasteiger partial charge in [-0.05, 0) is 27.0 Å². The van der Waals surface area contributed by atoms with Gasteiger partial charge in [-0.3, -0.25) is 29.0 Å². The monoisotopic (exact) mass is 820 g/mol. The first-order valence-electron chi connectivity index (χ1n) is 19.7. The van der Waals surface area contributed by atoms with Crippen LogP contribution in [0.15, 0.2) is 52.5 Å². The van der Waals surface area contributed by atoms with Crippen LogP contribution in [0.3, 0.4) is 0 Å². The number of nitrogens with zero attached hydrogens (tertiary/aromatic N) is 3. The van der Waals surface area contributed by atoms with E-state index in [4.69, 9.17) is 18.9 Å². The predicted octanol–water partition coefficient (Wildman–Crippen LogP) is 3.23. The molecule has 1 amide bonds. The molecule has 16 heteroatoms. The normalized spacial score (nSPS) is 33.3. The van der Waals surface area contributed by atoms with Crippen LogP contribution in [0.2, 0.25) is 0 Å². The molecule has 1 aromatic rings. The van der Waals surface area contributed by atoms with Gasteiger partial charge in [0.2, 0.25) is 5.78 Å². The van der Waals surface area contributed by atoms with Crippen molar-refractivity contribution < 1.29 is 58.2 Å². The van der Waals surface area contributed by atoms with E-state index in [1.807, 2.05) is 7.05 Å². The van der Waals surface area contributed by atoms with Crippen LogP contribution in [0.4, 0.5) is 0 Å². The number of carbonyl (C=O) groups is 5. The lowest BCUT2D eigenvalue weighted by Gasteiger charge is -2.38. The lowest BCUT2D eigenvalue weighted by atomic mass is 9.78. The first kappa shape index (κ1) is 44.9. The average Bonchev–Trinajstić information content (AvgIpc) is 3.46. The molecule has 59 heavy (non-hydrogen) atoms. The number of aliphatic hydroxyl groups excluding tert-OH is 2. The zero-order valence-corrected chi connectivity index (χ0v) is 35.3. The number of amides is 1. The second-order valence-corrected chi connectivity index (χ2v) is 16.1. The summed E-state index contributed by atoms with van der Waals surface area (Å²) in [5, 5.41) is 43.1. The predicted molar refractivity (Wildman–Crippen MR) is 216 cm³/mol. The van der Waals surface area contributed by atoms with Gasteiger partial charge in [0, 0.05) is 81.9 Å². The van der Waals surface area contributed by atoms with Crippen molar-refractivity contribution in [1.29, 1.82) is 0 Å². The van der Waals surface area contributed by atoms with Gasteiger partial charge in [-0.1, -0.05) is 45.9 Å².